The van der Waals surface area contributed by atoms with Crippen molar-refractivity contribution >= 4 is 33.2 Å². The van der Waals surface area contributed by atoms with Gasteiger partial charge in [0.05, 0.1) is 15.1 Å². The van der Waals surface area contributed by atoms with E-state index < -0.39 is 4.92 Å². The fourth-order valence-electron chi connectivity index (χ4n) is 1.81. The van der Waals surface area contributed by atoms with Gasteiger partial charge in [-0.2, -0.15) is 5.10 Å². The first-order chi connectivity index (χ1) is 9.81. The van der Waals surface area contributed by atoms with E-state index in [1.807, 2.05) is 6.92 Å². The number of aryl methyl sites for hydroxylation is 2. The molecule has 21 heavy (non-hydrogen) atoms. The average Bonchev–Trinajstić information content (AvgIpc) is 2.68. The summed E-state index contributed by atoms with van der Waals surface area (Å²) < 4.78 is 2.23. The van der Waals surface area contributed by atoms with Crippen molar-refractivity contribution < 1.29 is 9.72 Å². The summed E-state index contributed by atoms with van der Waals surface area (Å²) in [6, 6.07) is 4.27. The second-order valence-corrected chi connectivity index (χ2v) is 5.38. The van der Waals surface area contributed by atoms with E-state index in [0.717, 1.165) is 5.69 Å². The van der Waals surface area contributed by atoms with Gasteiger partial charge >= 0.3 is 0 Å². The summed E-state index contributed by atoms with van der Waals surface area (Å²) in [4.78, 5) is 22.4. The van der Waals surface area contributed by atoms with Crippen LogP contribution in [0, 0.1) is 24.0 Å². The Morgan fingerprint density at radius 3 is 2.57 bits per heavy atom. The summed E-state index contributed by atoms with van der Waals surface area (Å²) in [6.45, 7) is 3.53. The summed E-state index contributed by atoms with van der Waals surface area (Å²) in [5.41, 5.74) is 2.22. The largest absolute Gasteiger partial charge is 0.320 e. The fourth-order valence-corrected chi connectivity index (χ4v) is 2.33. The van der Waals surface area contributed by atoms with E-state index in [-0.39, 0.29) is 17.3 Å². The number of nitro benzene ring substituents is 1. The fraction of sp³-hybridized carbons (Fsp3) is 0.231. The molecular weight excluding hydrogens is 340 g/mol. The molecule has 0 fully saturated rings. The lowest BCUT2D eigenvalue weighted by molar-refractivity contribution is -0.384. The first kappa shape index (κ1) is 15.2. The van der Waals surface area contributed by atoms with Gasteiger partial charge < -0.3 is 5.32 Å². The summed E-state index contributed by atoms with van der Waals surface area (Å²) in [7, 11) is 1.74. The van der Waals surface area contributed by atoms with Gasteiger partial charge in [-0.05, 0) is 41.4 Å². The molecule has 110 valence electrons. The number of aromatic nitrogens is 2. The lowest BCUT2D eigenvalue weighted by Crippen LogP contribution is -2.14. The molecule has 0 aliphatic carbocycles. The topological polar surface area (TPSA) is 90.1 Å². The molecule has 2 rings (SSSR count). The number of rotatable bonds is 3. The molecule has 1 N–H and O–H groups in total. The molecule has 1 amide bonds. The maximum absolute atomic E-state index is 12.2. The molecule has 0 saturated heterocycles. The van der Waals surface area contributed by atoms with Crippen LogP contribution < -0.4 is 5.32 Å². The summed E-state index contributed by atoms with van der Waals surface area (Å²) in [5.74, 6) is -0.373. The SMILES string of the molecule is Cc1cc([N+](=O)[O-])ccc1NC(=O)c1nn(C)c(C)c1Br. The van der Waals surface area contributed by atoms with Crippen LogP contribution in [0.3, 0.4) is 0 Å². The molecule has 0 unspecified atom stereocenters. The standard InChI is InChI=1S/C13H13BrN4O3/c1-7-6-9(18(20)21)4-5-10(7)15-13(19)12-11(14)8(2)17(3)16-12/h4-6H,1-3H3,(H,15,19). The Morgan fingerprint density at radius 2 is 2.10 bits per heavy atom. The van der Waals surface area contributed by atoms with Gasteiger partial charge in [0.2, 0.25) is 0 Å². The van der Waals surface area contributed by atoms with E-state index in [9.17, 15) is 14.9 Å². The Hall–Kier alpha value is -2.22. The lowest BCUT2D eigenvalue weighted by Gasteiger charge is -2.07. The lowest BCUT2D eigenvalue weighted by atomic mass is 10.1. The first-order valence-electron chi connectivity index (χ1n) is 6.06. The number of hydrogen-bond donors (Lipinski definition) is 1. The zero-order valence-electron chi connectivity index (χ0n) is 11.7. The van der Waals surface area contributed by atoms with Crippen LogP contribution >= 0.6 is 15.9 Å². The van der Waals surface area contributed by atoms with Crippen LogP contribution in [-0.2, 0) is 7.05 Å². The molecule has 0 radical (unpaired) electrons. The van der Waals surface area contributed by atoms with E-state index in [1.165, 1.54) is 18.2 Å². The second-order valence-electron chi connectivity index (χ2n) is 4.58. The molecule has 0 aliphatic heterocycles. The monoisotopic (exact) mass is 352 g/mol. The summed E-state index contributed by atoms with van der Waals surface area (Å²) in [6.07, 6.45) is 0. The number of carbonyl (C=O) groups excluding carboxylic acids is 1. The van der Waals surface area contributed by atoms with Crippen molar-refractivity contribution in [3.63, 3.8) is 0 Å². The third-order valence-electron chi connectivity index (χ3n) is 3.15. The number of carbonyl (C=O) groups is 1. The minimum Gasteiger partial charge on any atom is -0.320 e. The number of amides is 1. The van der Waals surface area contributed by atoms with Crippen LogP contribution in [0.5, 0.6) is 0 Å². The molecule has 2 aromatic rings. The number of anilines is 1. The van der Waals surface area contributed by atoms with Crippen LogP contribution in [0.25, 0.3) is 0 Å². The van der Waals surface area contributed by atoms with Crippen molar-refractivity contribution in [2.75, 3.05) is 5.32 Å². The highest BCUT2D eigenvalue weighted by Crippen LogP contribution is 2.24. The second kappa shape index (κ2) is 5.65. The molecule has 0 spiro atoms. The Labute approximate surface area is 129 Å². The number of benzene rings is 1. The van der Waals surface area contributed by atoms with Crippen molar-refractivity contribution in [3.05, 3.63) is 49.7 Å². The van der Waals surface area contributed by atoms with Crippen LogP contribution in [-0.4, -0.2) is 20.6 Å². The number of non-ortho nitro benzene ring substituents is 1. The minimum atomic E-state index is -0.475. The minimum absolute atomic E-state index is 0.0136. The average molecular weight is 353 g/mol. The highest BCUT2D eigenvalue weighted by atomic mass is 79.9. The van der Waals surface area contributed by atoms with E-state index in [2.05, 4.69) is 26.3 Å². The molecule has 0 atom stereocenters. The molecule has 0 saturated carbocycles. The van der Waals surface area contributed by atoms with Crippen molar-refractivity contribution in [2.24, 2.45) is 7.05 Å². The van der Waals surface area contributed by atoms with Crippen LogP contribution in [0.1, 0.15) is 21.7 Å². The Bertz CT molecular complexity index is 739. The Kier molecular flexibility index (Phi) is 4.08. The maximum Gasteiger partial charge on any atom is 0.277 e. The molecular formula is C13H13BrN4O3. The third kappa shape index (κ3) is 2.94. The quantitative estimate of drug-likeness (QED) is 0.679. The number of nitrogens with one attached hydrogen (secondary N) is 1. The van der Waals surface area contributed by atoms with Gasteiger partial charge in [-0.25, -0.2) is 0 Å². The summed E-state index contributed by atoms with van der Waals surface area (Å²) in [5, 5.41) is 17.5. The number of hydrogen-bond acceptors (Lipinski definition) is 4. The van der Waals surface area contributed by atoms with Gasteiger partial charge in [0.25, 0.3) is 11.6 Å². The maximum atomic E-state index is 12.2. The van der Waals surface area contributed by atoms with Gasteiger partial charge in [0.15, 0.2) is 5.69 Å². The molecule has 0 aliphatic rings. The van der Waals surface area contributed by atoms with Gasteiger partial charge in [-0.15, -0.1) is 0 Å². The van der Waals surface area contributed by atoms with E-state index in [1.54, 1.807) is 18.7 Å². The number of nitrogens with zero attached hydrogens (tertiary/aromatic N) is 3. The van der Waals surface area contributed by atoms with Gasteiger partial charge in [-0.3, -0.25) is 19.6 Å². The Morgan fingerprint density at radius 1 is 1.43 bits per heavy atom. The van der Waals surface area contributed by atoms with Crippen LogP contribution in [0.2, 0.25) is 0 Å². The van der Waals surface area contributed by atoms with Crippen molar-refractivity contribution in [2.45, 2.75) is 13.8 Å². The van der Waals surface area contributed by atoms with E-state index in [0.29, 0.717) is 15.7 Å². The first-order valence-corrected chi connectivity index (χ1v) is 6.86. The molecule has 1 aromatic heterocycles. The summed E-state index contributed by atoms with van der Waals surface area (Å²) >= 11 is 3.33. The normalized spacial score (nSPS) is 10.5. The number of halogens is 1. The molecule has 8 heteroatoms. The molecule has 7 nitrogen and oxygen atoms in total. The van der Waals surface area contributed by atoms with Gasteiger partial charge in [-0.1, -0.05) is 0 Å². The predicted molar refractivity (Wildman–Crippen MR) is 81.4 cm³/mol. The molecule has 1 heterocycles. The highest BCUT2D eigenvalue weighted by molar-refractivity contribution is 9.10. The van der Waals surface area contributed by atoms with Crippen molar-refractivity contribution in [3.8, 4) is 0 Å². The van der Waals surface area contributed by atoms with Gasteiger partial charge in [0, 0.05) is 24.9 Å². The zero-order valence-corrected chi connectivity index (χ0v) is 13.3. The predicted octanol–water partition coefficient (Wildman–Crippen LogP) is 2.96. The van der Waals surface area contributed by atoms with Crippen molar-refractivity contribution in [1.29, 1.82) is 0 Å². The highest BCUT2D eigenvalue weighted by Gasteiger charge is 2.19. The molecule has 1 aromatic carbocycles. The third-order valence-corrected chi connectivity index (χ3v) is 4.09. The molecule has 0 bridgehead atoms. The van der Waals surface area contributed by atoms with Gasteiger partial charge in [0.1, 0.15) is 0 Å². The van der Waals surface area contributed by atoms with Crippen LogP contribution in [0.15, 0.2) is 22.7 Å². The smallest absolute Gasteiger partial charge is 0.277 e. The number of nitro groups is 1. The van der Waals surface area contributed by atoms with Crippen LogP contribution in [0.4, 0.5) is 11.4 Å². The van der Waals surface area contributed by atoms with Crippen molar-refractivity contribution in [1.82, 2.24) is 9.78 Å². The Balaban J connectivity index is 2.27. The zero-order chi connectivity index (χ0) is 15.7. The van der Waals surface area contributed by atoms with E-state index in [4.69, 9.17) is 0 Å². The van der Waals surface area contributed by atoms with E-state index >= 15 is 0 Å².